The highest BCUT2D eigenvalue weighted by molar-refractivity contribution is 5.39. The number of hydrogen-bond acceptors (Lipinski definition) is 2. The molecule has 2 heteroatoms. The van der Waals surface area contributed by atoms with Crippen LogP contribution in [0.3, 0.4) is 0 Å². The van der Waals surface area contributed by atoms with E-state index in [0.717, 1.165) is 19.6 Å². The Bertz CT molecular complexity index is 417. The van der Waals surface area contributed by atoms with Crippen LogP contribution in [0.5, 0.6) is 0 Å². The van der Waals surface area contributed by atoms with Gasteiger partial charge in [-0.05, 0) is 49.3 Å². The van der Waals surface area contributed by atoms with Crippen molar-refractivity contribution in [1.82, 2.24) is 5.32 Å². The molecule has 2 nitrogen and oxygen atoms in total. The first-order chi connectivity index (χ1) is 9.13. The standard InChI is InChI=1S/C17H27NO/c1-5-19-11-10-17(3)13(2)12-16(18-4)14-8-6-7-9-15(14)17/h6-9,13,16,18H,5,10-12H2,1-4H3. The largest absolute Gasteiger partial charge is 0.382 e. The molecule has 0 aromatic heterocycles. The first-order valence-electron chi connectivity index (χ1n) is 7.48. The summed E-state index contributed by atoms with van der Waals surface area (Å²) in [5, 5.41) is 3.46. The smallest absolute Gasteiger partial charge is 0.0474 e. The third kappa shape index (κ3) is 2.70. The van der Waals surface area contributed by atoms with Gasteiger partial charge in [0.1, 0.15) is 0 Å². The number of nitrogens with one attached hydrogen (secondary N) is 1. The summed E-state index contributed by atoms with van der Waals surface area (Å²) in [5.41, 5.74) is 3.22. The van der Waals surface area contributed by atoms with Crippen LogP contribution in [0.1, 0.15) is 50.8 Å². The van der Waals surface area contributed by atoms with E-state index in [4.69, 9.17) is 4.74 Å². The molecule has 1 aliphatic rings. The highest BCUT2D eigenvalue weighted by Crippen LogP contribution is 2.47. The molecular weight excluding hydrogens is 234 g/mol. The Morgan fingerprint density at radius 1 is 1.37 bits per heavy atom. The molecule has 3 atom stereocenters. The van der Waals surface area contributed by atoms with Crippen LogP contribution in [0.15, 0.2) is 24.3 Å². The summed E-state index contributed by atoms with van der Waals surface area (Å²) in [6.07, 6.45) is 2.31. The van der Waals surface area contributed by atoms with Gasteiger partial charge in [-0.25, -0.2) is 0 Å². The second-order valence-electron chi connectivity index (χ2n) is 5.93. The summed E-state index contributed by atoms with van der Waals surface area (Å²) in [4.78, 5) is 0. The normalized spacial score (nSPS) is 30.1. The first-order valence-corrected chi connectivity index (χ1v) is 7.48. The molecule has 0 bridgehead atoms. The molecule has 1 aliphatic carbocycles. The van der Waals surface area contributed by atoms with Crippen molar-refractivity contribution in [2.24, 2.45) is 5.92 Å². The van der Waals surface area contributed by atoms with E-state index in [1.165, 1.54) is 17.5 Å². The first kappa shape index (κ1) is 14.5. The van der Waals surface area contributed by atoms with E-state index in [9.17, 15) is 0 Å². The van der Waals surface area contributed by atoms with Gasteiger partial charge in [0, 0.05) is 19.3 Å². The van der Waals surface area contributed by atoms with Crippen LogP contribution in [0, 0.1) is 5.92 Å². The van der Waals surface area contributed by atoms with Gasteiger partial charge in [0.25, 0.3) is 0 Å². The van der Waals surface area contributed by atoms with Gasteiger partial charge in [0.2, 0.25) is 0 Å². The van der Waals surface area contributed by atoms with Crippen LogP contribution in [0.25, 0.3) is 0 Å². The van der Waals surface area contributed by atoms with E-state index in [1.54, 1.807) is 0 Å². The Labute approximate surface area is 117 Å². The SMILES string of the molecule is CCOCCC1(C)c2ccccc2C(NC)CC1C. The van der Waals surface area contributed by atoms with Gasteiger partial charge in [-0.3, -0.25) is 0 Å². The number of benzene rings is 1. The van der Waals surface area contributed by atoms with Crippen molar-refractivity contribution < 1.29 is 4.74 Å². The Kier molecular flexibility index (Phi) is 4.64. The van der Waals surface area contributed by atoms with E-state index in [1.807, 2.05) is 0 Å². The summed E-state index contributed by atoms with van der Waals surface area (Å²) < 4.78 is 5.60. The van der Waals surface area contributed by atoms with Crippen molar-refractivity contribution in [2.75, 3.05) is 20.3 Å². The fraction of sp³-hybridized carbons (Fsp3) is 0.647. The quantitative estimate of drug-likeness (QED) is 0.817. The predicted octanol–water partition coefficient (Wildman–Crippen LogP) is 3.67. The van der Waals surface area contributed by atoms with E-state index in [0.29, 0.717) is 12.0 Å². The fourth-order valence-electron chi connectivity index (χ4n) is 3.41. The third-order valence-electron chi connectivity index (χ3n) is 4.95. The summed E-state index contributed by atoms with van der Waals surface area (Å²) in [5.74, 6) is 0.667. The van der Waals surface area contributed by atoms with Crippen LogP contribution >= 0.6 is 0 Å². The molecule has 1 aromatic carbocycles. The van der Waals surface area contributed by atoms with Crippen molar-refractivity contribution in [1.29, 1.82) is 0 Å². The zero-order valence-electron chi connectivity index (χ0n) is 12.7. The Morgan fingerprint density at radius 2 is 2.11 bits per heavy atom. The average Bonchev–Trinajstić information content (AvgIpc) is 2.43. The number of fused-ring (bicyclic) bond motifs is 1. The maximum atomic E-state index is 5.60. The predicted molar refractivity (Wildman–Crippen MR) is 80.5 cm³/mol. The van der Waals surface area contributed by atoms with Crippen molar-refractivity contribution in [2.45, 2.75) is 45.1 Å². The van der Waals surface area contributed by atoms with Crippen LogP contribution in [0.2, 0.25) is 0 Å². The molecule has 0 radical (unpaired) electrons. The lowest BCUT2D eigenvalue weighted by atomic mass is 9.62. The summed E-state index contributed by atoms with van der Waals surface area (Å²) in [6.45, 7) is 8.52. The summed E-state index contributed by atoms with van der Waals surface area (Å²) in [6, 6.07) is 9.40. The highest BCUT2D eigenvalue weighted by Gasteiger charge is 2.40. The second-order valence-corrected chi connectivity index (χ2v) is 5.93. The summed E-state index contributed by atoms with van der Waals surface area (Å²) >= 11 is 0. The van der Waals surface area contributed by atoms with Gasteiger partial charge in [-0.2, -0.15) is 0 Å². The van der Waals surface area contributed by atoms with Gasteiger partial charge < -0.3 is 10.1 Å². The molecule has 0 fully saturated rings. The molecule has 1 aromatic rings. The van der Waals surface area contributed by atoms with Gasteiger partial charge >= 0.3 is 0 Å². The van der Waals surface area contributed by atoms with Gasteiger partial charge in [0.15, 0.2) is 0 Å². The topological polar surface area (TPSA) is 21.3 Å². The minimum Gasteiger partial charge on any atom is -0.382 e. The highest BCUT2D eigenvalue weighted by atomic mass is 16.5. The summed E-state index contributed by atoms with van der Waals surface area (Å²) in [7, 11) is 2.07. The Balaban J connectivity index is 2.32. The van der Waals surface area contributed by atoms with Crippen molar-refractivity contribution in [3.63, 3.8) is 0 Å². The van der Waals surface area contributed by atoms with Crippen LogP contribution in [-0.2, 0) is 10.2 Å². The van der Waals surface area contributed by atoms with Crippen molar-refractivity contribution in [3.8, 4) is 0 Å². The molecule has 0 saturated heterocycles. The van der Waals surface area contributed by atoms with E-state index in [-0.39, 0.29) is 5.41 Å². The molecule has 3 unspecified atom stereocenters. The lowest BCUT2D eigenvalue weighted by molar-refractivity contribution is 0.106. The molecule has 0 heterocycles. The van der Waals surface area contributed by atoms with Crippen molar-refractivity contribution >= 4 is 0 Å². The van der Waals surface area contributed by atoms with Crippen molar-refractivity contribution in [3.05, 3.63) is 35.4 Å². The molecule has 0 amide bonds. The van der Waals surface area contributed by atoms with Crippen LogP contribution in [0.4, 0.5) is 0 Å². The lowest BCUT2D eigenvalue weighted by Gasteiger charge is -2.45. The van der Waals surface area contributed by atoms with Gasteiger partial charge in [-0.15, -0.1) is 0 Å². The number of hydrogen-bond donors (Lipinski definition) is 1. The molecule has 2 rings (SSSR count). The molecular formula is C17H27NO. The minimum atomic E-state index is 0.235. The molecule has 19 heavy (non-hydrogen) atoms. The van der Waals surface area contributed by atoms with E-state index in [2.05, 4.69) is 57.4 Å². The van der Waals surface area contributed by atoms with Gasteiger partial charge in [-0.1, -0.05) is 38.1 Å². The molecule has 106 valence electrons. The van der Waals surface area contributed by atoms with Gasteiger partial charge in [0.05, 0.1) is 0 Å². The number of ether oxygens (including phenoxy) is 1. The molecule has 0 aliphatic heterocycles. The molecule has 0 spiro atoms. The minimum absolute atomic E-state index is 0.235. The molecule has 1 N–H and O–H groups in total. The maximum Gasteiger partial charge on any atom is 0.0474 e. The number of rotatable bonds is 5. The van der Waals surface area contributed by atoms with E-state index < -0.39 is 0 Å². The average molecular weight is 261 g/mol. The Hall–Kier alpha value is -0.860. The Morgan fingerprint density at radius 3 is 2.79 bits per heavy atom. The molecule has 0 saturated carbocycles. The monoisotopic (exact) mass is 261 g/mol. The fourth-order valence-corrected chi connectivity index (χ4v) is 3.41. The lowest BCUT2D eigenvalue weighted by Crippen LogP contribution is -2.40. The van der Waals surface area contributed by atoms with Crippen LogP contribution in [-0.4, -0.2) is 20.3 Å². The zero-order valence-corrected chi connectivity index (χ0v) is 12.7. The van der Waals surface area contributed by atoms with E-state index >= 15 is 0 Å². The second kappa shape index (κ2) is 6.06. The maximum absolute atomic E-state index is 5.60. The zero-order chi connectivity index (χ0) is 13.9. The third-order valence-corrected chi connectivity index (χ3v) is 4.95. The van der Waals surface area contributed by atoms with Crippen LogP contribution < -0.4 is 5.32 Å².